The quantitative estimate of drug-likeness (QED) is 0.472. The second-order valence-electron chi connectivity index (χ2n) is 4.66. The number of nitrogens with zero attached hydrogens (tertiary/aromatic N) is 1. The summed E-state index contributed by atoms with van der Waals surface area (Å²) in [5.41, 5.74) is 0. The van der Waals surface area contributed by atoms with Crippen molar-refractivity contribution in [3.63, 3.8) is 0 Å². The summed E-state index contributed by atoms with van der Waals surface area (Å²) < 4.78 is 0. The fourth-order valence-electron chi connectivity index (χ4n) is 1.93. The van der Waals surface area contributed by atoms with Crippen molar-refractivity contribution in [1.82, 2.24) is 10.2 Å². The molecule has 0 aromatic heterocycles. The number of nitrogens with one attached hydrogen (secondary N) is 1. The molecule has 0 saturated heterocycles. The van der Waals surface area contributed by atoms with E-state index in [1.165, 1.54) is 51.4 Å². The summed E-state index contributed by atoms with van der Waals surface area (Å²) >= 11 is 5.35. The van der Waals surface area contributed by atoms with Gasteiger partial charge in [-0.1, -0.05) is 52.4 Å². The normalized spacial score (nSPS) is 10.3. The van der Waals surface area contributed by atoms with E-state index in [0.717, 1.165) is 18.2 Å². The van der Waals surface area contributed by atoms with Gasteiger partial charge in [-0.2, -0.15) is 0 Å². The fraction of sp³-hybridized carbons (Fsp3) is 0.929. The van der Waals surface area contributed by atoms with Crippen LogP contribution in [0.5, 0.6) is 0 Å². The monoisotopic (exact) mass is 258 g/mol. The number of hydrogen-bond acceptors (Lipinski definition) is 1. The Morgan fingerprint density at radius 3 is 1.71 bits per heavy atom. The Labute approximate surface area is 113 Å². The van der Waals surface area contributed by atoms with Crippen molar-refractivity contribution in [2.45, 2.75) is 65.2 Å². The molecule has 1 N–H and O–H groups in total. The summed E-state index contributed by atoms with van der Waals surface area (Å²) in [4.78, 5) is 2.33. The molecule has 0 aromatic carbocycles. The molecule has 0 aliphatic heterocycles. The number of hydrogen-bond donors (Lipinski definition) is 1. The minimum atomic E-state index is 0.915. The van der Waals surface area contributed by atoms with E-state index in [1.54, 1.807) is 0 Å². The topological polar surface area (TPSA) is 15.3 Å². The van der Waals surface area contributed by atoms with E-state index >= 15 is 0 Å². The van der Waals surface area contributed by atoms with Crippen LogP contribution in [0, 0.1) is 0 Å². The van der Waals surface area contributed by atoms with Crippen LogP contribution >= 0.6 is 12.2 Å². The van der Waals surface area contributed by atoms with Crippen molar-refractivity contribution >= 4 is 17.3 Å². The molecule has 0 rings (SSSR count). The van der Waals surface area contributed by atoms with Crippen LogP contribution in [0.3, 0.4) is 0 Å². The van der Waals surface area contributed by atoms with Crippen LogP contribution in [0.2, 0.25) is 0 Å². The maximum absolute atomic E-state index is 5.35. The highest BCUT2D eigenvalue weighted by molar-refractivity contribution is 7.80. The van der Waals surface area contributed by atoms with Gasteiger partial charge in [0, 0.05) is 20.1 Å². The number of rotatable bonds is 10. The van der Waals surface area contributed by atoms with Crippen molar-refractivity contribution in [2.24, 2.45) is 0 Å². The highest BCUT2D eigenvalue weighted by Gasteiger charge is 2.06. The molecule has 0 aliphatic rings. The lowest BCUT2D eigenvalue weighted by Crippen LogP contribution is -2.39. The summed E-state index contributed by atoms with van der Waals surface area (Å²) in [6.07, 6.45) is 10.5. The van der Waals surface area contributed by atoms with E-state index in [2.05, 4.69) is 24.1 Å². The van der Waals surface area contributed by atoms with E-state index < -0.39 is 0 Å². The van der Waals surface area contributed by atoms with Gasteiger partial charge in [-0.3, -0.25) is 0 Å². The zero-order valence-corrected chi connectivity index (χ0v) is 12.7. The van der Waals surface area contributed by atoms with Gasteiger partial charge in [0.1, 0.15) is 0 Å². The smallest absolute Gasteiger partial charge is 0.168 e. The fourth-order valence-corrected chi connectivity index (χ4v) is 2.11. The molecule has 0 aliphatic carbocycles. The molecular formula is C14H30N2S. The van der Waals surface area contributed by atoms with Crippen molar-refractivity contribution in [1.29, 1.82) is 0 Å². The molecular weight excluding hydrogens is 228 g/mol. The Balaban J connectivity index is 3.76. The van der Waals surface area contributed by atoms with Gasteiger partial charge in [-0.25, -0.2) is 0 Å². The maximum atomic E-state index is 5.35. The van der Waals surface area contributed by atoms with E-state index in [0.29, 0.717) is 0 Å². The van der Waals surface area contributed by atoms with Gasteiger partial charge in [-0.05, 0) is 25.1 Å². The van der Waals surface area contributed by atoms with Crippen LogP contribution in [0.4, 0.5) is 0 Å². The van der Waals surface area contributed by atoms with E-state index in [1.807, 2.05) is 7.05 Å². The molecule has 0 radical (unpaired) electrons. The summed E-state index contributed by atoms with van der Waals surface area (Å²) in [5, 5.41) is 4.02. The molecule has 0 saturated carbocycles. The lowest BCUT2D eigenvalue weighted by Gasteiger charge is -2.24. The van der Waals surface area contributed by atoms with Crippen molar-refractivity contribution in [3.8, 4) is 0 Å². The Kier molecular flexibility index (Phi) is 11.9. The van der Waals surface area contributed by atoms with Crippen LogP contribution in [-0.4, -0.2) is 30.1 Å². The van der Waals surface area contributed by atoms with Crippen molar-refractivity contribution in [2.75, 3.05) is 20.1 Å². The molecule has 3 heteroatoms. The molecule has 2 nitrogen and oxygen atoms in total. The molecule has 0 unspecified atom stereocenters. The summed E-state index contributed by atoms with van der Waals surface area (Å²) in [6.45, 7) is 6.74. The lowest BCUT2D eigenvalue weighted by molar-refractivity contribution is 0.384. The molecule has 0 fully saturated rings. The molecule has 0 bridgehead atoms. The first-order chi connectivity index (χ1) is 8.26. The van der Waals surface area contributed by atoms with Crippen LogP contribution in [-0.2, 0) is 0 Å². The van der Waals surface area contributed by atoms with Gasteiger partial charge in [-0.15, -0.1) is 0 Å². The van der Waals surface area contributed by atoms with Crippen LogP contribution in [0.15, 0.2) is 0 Å². The van der Waals surface area contributed by atoms with Gasteiger partial charge in [0.25, 0.3) is 0 Å². The molecule has 102 valence electrons. The SMILES string of the molecule is CCCCCCN(CCCCCC)C(=S)NC. The lowest BCUT2D eigenvalue weighted by atomic mass is 10.2. The Hall–Kier alpha value is -0.310. The molecule has 0 heterocycles. The first-order valence-electron chi connectivity index (χ1n) is 7.22. The molecule has 0 amide bonds. The minimum Gasteiger partial charge on any atom is -0.366 e. The Bertz CT molecular complexity index is 171. The average Bonchev–Trinajstić information content (AvgIpc) is 2.36. The standard InChI is InChI=1S/C14H30N2S/c1-4-6-8-10-12-16(14(17)15-3)13-11-9-7-5-2/h4-13H2,1-3H3,(H,15,17). The Morgan fingerprint density at radius 1 is 0.882 bits per heavy atom. The van der Waals surface area contributed by atoms with Gasteiger partial charge < -0.3 is 10.2 Å². The number of thiocarbonyl (C=S) groups is 1. The molecule has 0 atom stereocenters. The average molecular weight is 258 g/mol. The maximum Gasteiger partial charge on any atom is 0.168 e. The van der Waals surface area contributed by atoms with Crippen molar-refractivity contribution < 1.29 is 0 Å². The van der Waals surface area contributed by atoms with E-state index in [4.69, 9.17) is 12.2 Å². The minimum absolute atomic E-state index is 0.915. The van der Waals surface area contributed by atoms with E-state index in [9.17, 15) is 0 Å². The highest BCUT2D eigenvalue weighted by atomic mass is 32.1. The van der Waals surface area contributed by atoms with Crippen LogP contribution < -0.4 is 5.32 Å². The van der Waals surface area contributed by atoms with Crippen molar-refractivity contribution in [3.05, 3.63) is 0 Å². The van der Waals surface area contributed by atoms with Gasteiger partial charge in [0.15, 0.2) is 5.11 Å². The van der Waals surface area contributed by atoms with Crippen LogP contribution in [0.1, 0.15) is 65.2 Å². The zero-order chi connectivity index (χ0) is 12.9. The first-order valence-corrected chi connectivity index (χ1v) is 7.63. The van der Waals surface area contributed by atoms with Gasteiger partial charge >= 0.3 is 0 Å². The highest BCUT2D eigenvalue weighted by Crippen LogP contribution is 2.05. The third-order valence-electron chi connectivity index (χ3n) is 3.06. The van der Waals surface area contributed by atoms with Gasteiger partial charge in [0.05, 0.1) is 0 Å². The predicted octanol–water partition coefficient (Wildman–Crippen LogP) is 3.95. The summed E-state index contributed by atoms with van der Waals surface area (Å²) in [7, 11) is 1.92. The summed E-state index contributed by atoms with van der Waals surface area (Å²) in [5.74, 6) is 0. The number of unbranched alkanes of at least 4 members (excludes halogenated alkanes) is 6. The molecule has 0 aromatic rings. The third kappa shape index (κ3) is 9.40. The molecule has 17 heavy (non-hydrogen) atoms. The molecule has 0 spiro atoms. The third-order valence-corrected chi connectivity index (χ3v) is 3.53. The second-order valence-corrected chi connectivity index (χ2v) is 5.05. The zero-order valence-electron chi connectivity index (χ0n) is 11.9. The largest absolute Gasteiger partial charge is 0.366 e. The van der Waals surface area contributed by atoms with E-state index in [-0.39, 0.29) is 0 Å². The summed E-state index contributed by atoms with van der Waals surface area (Å²) in [6, 6.07) is 0. The van der Waals surface area contributed by atoms with Gasteiger partial charge in [0.2, 0.25) is 0 Å². The Morgan fingerprint density at radius 2 is 1.35 bits per heavy atom. The van der Waals surface area contributed by atoms with Crippen LogP contribution in [0.25, 0.3) is 0 Å². The first kappa shape index (κ1) is 16.7. The predicted molar refractivity (Wildman–Crippen MR) is 81.5 cm³/mol. The second kappa shape index (κ2) is 12.2.